The normalized spacial score (nSPS) is 10.2. The average Bonchev–Trinajstić information content (AvgIpc) is 1.30. The molecule has 0 unspecified atom stereocenters. The molecule has 0 aromatic heterocycles. The molecule has 0 amide bonds. The molecule has 0 saturated carbocycles. The van der Waals surface area contributed by atoms with Crippen molar-refractivity contribution in [2.75, 3.05) is 5.75 Å². The van der Waals surface area contributed by atoms with Gasteiger partial charge in [0.05, 0.1) is 5.75 Å². The fourth-order valence-electron chi connectivity index (χ4n) is 0.258. The Kier molecular flexibility index (Phi) is 7.66. The van der Waals surface area contributed by atoms with Gasteiger partial charge in [-0.25, -0.2) is 0 Å². The largest absolute Gasteiger partial charge is 0.286 e. The van der Waals surface area contributed by atoms with Gasteiger partial charge in [-0.1, -0.05) is 6.92 Å². The third-order valence-electron chi connectivity index (χ3n) is 0.462. The van der Waals surface area contributed by atoms with Crippen molar-refractivity contribution in [3.63, 3.8) is 0 Å². The van der Waals surface area contributed by atoms with Gasteiger partial charge in [-0.3, -0.25) is 4.55 Å². The van der Waals surface area contributed by atoms with Crippen molar-refractivity contribution in [3.05, 3.63) is 0 Å². The molecule has 0 fully saturated rings. The molecule has 0 bridgehead atoms. The molecule has 0 aromatic carbocycles. The minimum Gasteiger partial charge on any atom is -0.286 e. The molecule has 0 saturated heterocycles. The summed E-state index contributed by atoms with van der Waals surface area (Å²) in [5.41, 5.74) is 0. The quantitative estimate of drug-likeness (QED) is 0.729. The second-order valence-electron chi connectivity index (χ2n) is 1.29. The van der Waals surface area contributed by atoms with E-state index in [0.29, 0.717) is 6.42 Å². The van der Waals surface area contributed by atoms with Crippen LogP contribution in [0.1, 0.15) is 13.3 Å². The summed E-state index contributed by atoms with van der Waals surface area (Å²) in [6.45, 7) is 1.69. The molecule has 0 spiro atoms. The monoisotopic (exact) mass is 264 g/mol. The predicted octanol–water partition coefficient (Wildman–Crippen LogP) is 0.284. The van der Waals surface area contributed by atoms with Crippen molar-refractivity contribution in [3.8, 4) is 0 Å². The van der Waals surface area contributed by atoms with Gasteiger partial charge in [-0.05, 0) is 6.42 Å². The molecule has 0 aliphatic heterocycles. The van der Waals surface area contributed by atoms with Crippen molar-refractivity contribution in [1.29, 1.82) is 0 Å². The van der Waals surface area contributed by atoms with E-state index in [4.69, 9.17) is 4.55 Å². The summed E-state index contributed by atoms with van der Waals surface area (Å²) >= 11 is 0. The van der Waals surface area contributed by atoms with Crippen LogP contribution in [-0.2, 0) is 10.1 Å². The molecule has 0 atom stereocenters. The third-order valence-corrected chi connectivity index (χ3v) is 1.39. The smallest absolute Gasteiger partial charge is 0.264 e. The molecule has 3 nitrogen and oxygen atoms in total. The molecule has 48 valence electrons. The first kappa shape index (κ1) is 12.0. The molecule has 5 heteroatoms. The molecule has 0 aliphatic rings. The van der Waals surface area contributed by atoms with E-state index in [0.717, 1.165) is 0 Å². The van der Waals surface area contributed by atoms with Gasteiger partial charge < -0.3 is 0 Å². The number of hydrogen-bond donors (Lipinski definition) is 1. The number of rotatable bonds is 2. The van der Waals surface area contributed by atoms with Crippen LogP contribution in [0.5, 0.6) is 0 Å². The minimum absolute atomic E-state index is 0. The van der Waals surface area contributed by atoms with Crippen molar-refractivity contribution in [1.82, 2.24) is 0 Å². The standard InChI is InChI=1S/C3H8O3S.Ce/c1-2-3-7(4,5)6;/h2-3H2,1H3,(H,4,5,6);. The maximum Gasteiger partial charge on any atom is 0.264 e. The molecule has 1 N–H and O–H groups in total. The summed E-state index contributed by atoms with van der Waals surface area (Å²) in [5.74, 6) is -0.132. The fraction of sp³-hybridized carbons (Fsp3) is 1.00. The van der Waals surface area contributed by atoms with E-state index in [1.807, 2.05) is 0 Å². The first-order chi connectivity index (χ1) is 3.06. The van der Waals surface area contributed by atoms with Crippen LogP contribution >= 0.6 is 0 Å². The SMILES string of the molecule is CCCS(=O)(=O)O.[Ce]. The average molecular weight is 264 g/mol. The van der Waals surface area contributed by atoms with Gasteiger partial charge in [0, 0.05) is 41.7 Å². The zero-order valence-corrected chi connectivity index (χ0v) is 8.54. The maximum absolute atomic E-state index is 9.79. The van der Waals surface area contributed by atoms with Crippen LogP contribution in [0.3, 0.4) is 0 Å². The summed E-state index contributed by atoms with van der Waals surface area (Å²) in [6, 6.07) is 0. The molecular formula is C3H8CeO3S. The number of hydrogen-bond acceptors (Lipinski definition) is 2. The van der Waals surface area contributed by atoms with Crippen molar-refractivity contribution >= 4 is 10.1 Å². The molecule has 0 aromatic rings. The van der Waals surface area contributed by atoms with Crippen LogP contribution in [-0.4, -0.2) is 18.7 Å². The van der Waals surface area contributed by atoms with Gasteiger partial charge in [0.2, 0.25) is 0 Å². The van der Waals surface area contributed by atoms with Gasteiger partial charge in [-0.2, -0.15) is 8.42 Å². The van der Waals surface area contributed by atoms with E-state index in [1.165, 1.54) is 0 Å². The van der Waals surface area contributed by atoms with E-state index in [2.05, 4.69) is 0 Å². The van der Waals surface area contributed by atoms with E-state index in [-0.39, 0.29) is 47.5 Å². The minimum atomic E-state index is -3.67. The Balaban J connectivity index is 0. The Hall–Kier alpha value is 1.29. The topological polar surface area (TPSA) is 54.4 Å². The van der Waals surface area contributed by atoms with Gasteiger partial charge in [-0.15, -0.1) is 0 Å². The molecule has 0 aliphatic carbocycles. The van der Waals surface area contributed by atoms with E-state index in [9.17, 15) is 8.42 Å². The van der Waals surface area contributed by atoms with Gasteiger partial charge >= 0.3 is 0 Å². The van der Waals surface area contributed by atoms with E-state index in [1.54, 1.807) is 6.92 Å². The van der Waals surface area contributed by atoms with Crippen LogP contribution in [0, 0.1) is 41.7 Å². The molecular weight excluding hydrogens is 256 g/mol. The van der Waals surface area contributed by atoms with Crippen LogP contribution in [0.4, 0.5) is 0 Å². The molecule has 0 radical (unpaired) electrons. The zero-order valence-electron chi connectivity index (χ0n) is 4.59. The summed E-state index contributed by atoms with van der Waals surface area (Å²) in [4.78, 5) is 0. The Labute approximate surface area is 83.0 Å². The summed E-state index contributed by atoms with van der Waals surface area (Å²) < 4.78 is 27.6. The van der Waals surface area contributed by atoms with Crippen molar-refractivity contribution in [2.45, 2.75) is 13.3 Å². The third kappa shape index (κ3) is 10.3. The molecule has 8 heavy (non-hydrogen) atoms. The van der Waals surface area contributed by atoms with Gasteiger partial charge in [0.1, 0.15) is 0 Å². The Morgan fingerprint density at radius 3 is 1.88 bits per heavy atom. The summed E-state index contributed by atoms with van der Waals surface area (Å²) in [5, 5.41) is 0. The van der Waals surface area contributed by atoms with Gasteiger partial charge in [0.15, 0.2) is 0 Å². The first-order valence-electron chi connectivity index (χ1n) is 2.01. The second kappa shape index (κ2) is 5.10. The Bertz CT molecular complexity index is 127. The molecule has 0 rings (SSSR count). The van der Waals surface area contributed by atoms with Crippen LogP contribution in [0.25, 0.3) is 0 Å². The summed E-state index contributed by atoms with van der Waals surface area (Å²) in [6.07, 6.45) is 0.471. The second-order valence-corrected chi connectivity index (χ2v) is 2.86. The summed E-state index contributed by atoms with van der Waals surface area (Å²) in [7, 11) is -3.67. The Morgan fingerprint density at radius 1 is 1.50 bits per heavy atom. The van der Waals surface area contributed by atoms with Crippen LogP contribution in [0.2, 0.25) is 0 Å². The predicted molar refractivity (Wildman–Crippen MR) is 26.7 cm³/mol. The Morgan fingerprint density at radius 2 is 1.88 bits per heavy atom. The van der Waals surface area contributed by atoms with Gasteiger partial charge in [0.25, 0.3) is 10.1 Å². The maximum atomic E-state index is 9.79. The van der Waals surface area contributed by atoms with Crippen molar-refractivity contribution in [2.24, 2.45) is 0 Å². The van der Waals surface area contributed by atoms with E-state index >= 15 is 0 Å². The van der Waals surface area contributed by atoms with Crippen molar-refractivity contribution < 1.29 is 54.7 Å². The van der Waals surface area contributed by atoms with E-state index < -0.39 is 10.1 Å². The first-order valence-corrected chi connectivity index (χ1v) is 3.62. The van der Waals surface area contributed by atoms with Crippen LogP contribution < -0.4 is 0 Å². The fourth-order valence-corrected chi connectivity index (χ4v) is 0.774. The van der Waals surface area contributed by atoms with Crippen LogP contribution in [0.15, 0.2) is 0 Å². The molecule has 0 heterocycles. The zero-order chi connectivity index (χ0) is 5.91.